The van der Waals surface area contributed by atoms with Gasteiger partial charge in [0.05, 0.1) is 10.6 Å². The van der Waals surface area contributed by atoms with Crippen molar-refractivity contribution in [1.29, 1.82) is 0 Å². The van der Waals surface area contributed by atoms with E-state index in [-0.39, 0.29) is 0 Å². The summed E-state index contributed by atoms with van der Waals surface area (Å²) in [4.78, 5) is 5.77. The highest BCUT2D eigenvalue weighted by molar-refractivity contribution is 7.92. The Kier molecular flexibility index (Phi) is 4.83. The molecule has 0 unspecified atom stereocenters. The third-order valence-corrected chi connectivity index (χ3v) is 6.95. The number of nitrogens with one attached hydrogen (secondary N) is 2. The van der Waals surface area contributed by atoms with E-state index in [1.807, 2.05) is 50.2 Å². The first-order valence-corrected chi connectivity index (χ1v) is 11.3. The number of nitrogens with zero attached hydrogens (tertiary/aromatic N) is 1. The third-order valence-electron chi connectivity index (χ3n) is 5.57. The van der Waals surface area contributed by atoms with Gasteiger partial charge in [-0.1, -0.05) is 12.5 Å². The van der Waals surface area contributed by atoms with Crippen molar-refractivity contribution in [3.05, 3.63) is 53.2 Å². The Morgan fingerprint density at radius 1 is 1.00 bits per heavy atom. The fourth-order valence-electron chi connectivity index (χ4n) is 4.10. The summed E-state index contributed by atoms with van der Waals surface area (Å²) in [5.41, 5.74) is 6.24. The lowest BCUT2D eigenvalue weighted by molar-refractivity contribution is 0.601. The molecular weight excluding hydrogens is 370 g/mol. The van der Waals surface area contributed by atoms with Gasteiger partial charge in [-0.3, -0.25) is 4.72 Å². The molecular formula is C22H27N3O2S. The lowest BCUT2D eigenvalue weighted by Crippen LogP contribution is -2.15. The molecule has 1 aromatic heterocycles. The van der Waals surface area contributed by atoms with Crippen LogP contribution in [0.3, 0.4) is 0 Å². The molecule has 0 amide bonds. The van der Waals surface area contributed by atoms with Crippen molar-refractivity contribution in [2.24, 2.45) is 0 Å². The largest absolute Gasteiger partial charge is 0.377 e. The SMILES string of the molecule is Cc1ccc(NS(=O)(=O)c2ccc3[nH]c4c(c3c2)CCCCC4)cc1N(C)C. The summed E-state index contributed by atoms with van der Waals surface area (Å²) in [6, 6.07) is 11.0. The predicted octanol–water partition coefficient (Wildman–Crippen LogP) is 4.61. The number of aromatic nitrogens is 1. The number of rotatable bonds is 4. The van der Waals surface area contributed by atoms with Crippen molar-refractivity contribution in [1.82, 2.24) is 4.98 Å². The molecule has 0 aliphatic heterocycles. The Balaban J connectivity index is 1.70. The van der Waals surface area contributed by atoms with Gasteiger partial charge >= 0.3 is 0 Å². The average molecular weight is 398 g/mol. The van der Waals surface area contributed by atoms with Gasteiger partial charge in [0, 0.05) is 36.4 Å². The molecule has 0 saturated heterocycles. The Labute approximate surface area is 166 Å². The van der Waals surface area contributed by atoms with Crippen LogP contribution in [0.5, 0.6) is 0 Å². The second kappa shape index (κ2) is 7.17. The summed E-state index contributed by atoms with van der Waals surface area (Å²) >= 11 is 0. The van der Waals surface area contributed by atoms with Crippen LogP contribution in [0.1, 0.15) is 36.1 Å². The third kappa shape index (κ3) is 3.49. The van der Waals surface area contributed by atoms with Crippen LogP contribution in [0.25, 0.3) is 10.9 Å². The van der Waals surface area contributed by atoms with Gasteiger partial charge in [-0.25, -0.2) is 8.42 Å². The van der Waals surface area contributed by atoms with Gasteiger partial charge in [-0.2, -0.15) is 0 Å². The Morgan fingerprint density at radius 2 is 1.79 bits per heavy atom. The number of H-pyrrole nitrogens is 1. The molecule has 0 fully saturated rings. The first-order chi connectivity index (χ1) is 13.3. The quantitative estimate of drug-likeness (QED) is 0.632. The van der Waals surface area contributed by atoms with Crippen LogP contribution in [0.4, 0.5) is 11.4 Å². The van der Waals surface area contributed by atoms with Gasteiger partial charge in [0.25, 0.3) is 10.0 Å². The highest BCUT2D eigenvalue weighted by atomic mass is 32.2. The molecule has 4 rings (SSSR count). The van der Waals surface area contributed by atoms with Crippen molar-refractivity contribution in [3.8, 4) is 0 Å². The molecule has 2 N–H and O–H groups in total. The summed E-state index contributed by atoms with van der Waals surface area (Å²) in [5, 5.41) is 1.04. The zero-order valence-electron chi connectivity index (χ0n) is 16.7. The number of hydrogen-bond donors (Lipinski definition) is 2. The fourth-order valence-corrected chi connectivity index (χ4v) is 5.17. The number of anilines is 2. The van der Waals surface area contributed by atoms with Crippen molar-refractivity contribution < 1.29 is 8.42 Å². The zero-order valence-corrected chi connectivity index (χ0v) is 17.5. The van der Waals surface area contributed by atoms with E-state index in [9.17, 15) is 8.42 Å². The van der Waals surface area contributed by atoms with E-state index in [4.69, 9.17) is 0 Å². The van der Waals surface area contributed by atoms with Gasteiger partial charge in [-0.05, 0) is 74.1 Å². The number of benzene rings is 2. The molecule has 0 saturated carbocycles. The summed E-state index contributed by atoms with van der Waals surface area (Å²) < 4.78 is 28.8. The number of aryl methyl sites for hydroxylation is 3. The second-order valence-corrected chi connectivity index (χ2v) is 9.53. The summed E-state index contributed by atoms with van der Waals surface area (Å²) in [6.45, 7) is 2.01. The van der Waals surface area contributed by atoms with Crippen molar-refractivity contribution in [2.45, 2.75) is 43.9 Å². The molecule has 2 aromatic carbocycles. The molecule has 148 valence electrons. The van der Waals surface area contributed by atoms with Crippen molar-refractivity contribution >= 4 is 32.3 Å². The van der Waals surface area contributed by atoms with E-state index in [1.54, 1.807) is 12.1 Å². The van der Waals surface area contributed by atoms with E-state index in [0.29, 0.717) is 10.6 Å². The molecule has 6 heteroatoms. The van der Waals surface area contributed by atoms with Crippen LogP contribution in [0, 0.1) is 6.92 Å². The van der Waals surface area contributed by atoms with Crippen molar-refractivity contribution in [3.63, 3.8) is 0 Å². The van der Waals surface area contributed by atoms with E-state index in [1.165, 1.54) is 24.1 Å². The van der Waals surface area contributed by atoms with E-state index >= 15 is 0 Å². The maximum absolute atomic E-state index is 13.0. The molecule has 0 atom stereocenters. The Hall–Kier alpha value is -2.47. The van der Waals surface area contributed by atoms with Gasteiger partial charge < -0.3 is 9.88 Å². The van der Waals surface area contributed by atoms with E-state index < -0.39 is 10.0 Å². The molecule has 3 aromatic rings. The Morgan fingerprint density at radius 3 is 2.57 bits per heavy atom. The minimum Gasteiger partial charge on any atom is -0.377 e. The molecule has 0 spiro atoms. The molecule has 5 nitrogen and oxygen atoms in total. The van der Waals surface area contributed by atoms with Gasteiger partial charge in [-0.15, -0.1) is 0 Å². The van der Waals surface area contributed by atoms with Crippen LogP contribution >= 0.6 is 0 Å². The minimum atomic E-state index is -3.66. The van der Waals surface area contributed by atoms with Crippen LogP contribution in [0.15, 0.2) is 41.3 Å². The summed E-state index contributed by atoms with van der Waals surface area (Å²) in [6.07, 6.45) is 5.63. The molecule has 1 aliphatic carbocycles. The maximum atomic E-state index is 13.0. The predicted molar refractivity (Wildman–Crippen MR) is 116 cm³/mol. The summed E-state index contributed by atoms with van der Waals surface area (Å²) in [7, 11) is 0.245. The molecule has 1 heterocycles. The number of hydrogen-bond acceptors (Lipinski definition) is 3. The highest BCUT2D eigenvalue weighted by Gasteiger charge is 2.19. The molecule has 1 aliphatic rings. The van der Waals surface area contributed by atoms with Crippen molar-refractivity contribution in [2.75, 3.05) is 23.7 Å². The van der Waals surface area contributed by atoms with Crippen LogP contribution < -0.4 is 9.62 Å². The smallest absolute Gasteiger partial charge is 0.261 e. The monoisotopic (exact) mass is 397 g/mol. The molecule has 0 bridgehead atoms. The number of fused-ring (bicyclic) bond motifs is 3. The van der Waals surface area contributed by atoms with E-state index in [2.05, 4.69) is 9.71 Å². The fraction of sp³-hybridized carbons (Fsp3) is 0.364. The average Bonchev–Trinajstić information content (AvgIpc) is 2.83. The molecule has 0 radical (unpaired) electrons. The normalized spacial score (nSPS) is 14.5. The summed E-state index contributed by atoms with van der Waals surface area (Å²) in [5.74, 6) is 0. The zero-order chi connectivity index (χ0) is 19.9. The van der Waals surface area contributed by atoms with Crippen LogP contribution in [-0.4, -0.2) is 27.5 Å². The highest BCUT2D eigenvalue weighted by Crippen LogP contribution is 2.31. The maximum Gasteiger partial charge on any atom is 0.261 e. The lowest BCUT2D eigenvalue weighted by Gasteiger charge is -2.17. The van der Waals surface area contributed by atoms with Gasteiger partial charge in [0.1, 0.15) is 0 Å². The standard InChI is InChI=1S/C22H27N3O2S/c1-15-9-10-16(13-22(15)25(2)3)24-28(26,27)17-11-12-21-19(14-17)18-7-5-4-6-8-20(18)23-21/h9-14,23-24H,4-8H2,1-3H3. The first-order valence-electron chi connectivity index (χ1n) is 9.79. The Bertz CT molecular complexity index is 1130. The first kappa shape index (κ1) is 18.9. The lowest BCUT2D eigenvalue weighted by atomic mass is 10.1. The van der Waals surface area contributed by atoms with Gasteiger partial charge in [0.2, 0.25) is 0 Å². The van der Waals surface area contributed by atoms with E-state index in [0.717, 1.165) is 41.4 Å². The number of aromatic amines is 1. The van der Waals surface area contributed by atoms with Gasteiger partial charge in [0.15, 0.2) is 0 Å². The van der Waals surface area contributed by atoms with Crippen LogP contribution in [0.2, 0.25) is 0 Å². The minimum absolute atomic E-state index is 0.304. The van der Waals surface area contributed by atoms with Crippen LogP contribution in [-0.2, 0) is 22.9 Å². The topological polar surface area (TPSA) is 65.2 Å². The second-order valence-electron chi connectivity index (χ2n) is 7.85. The molecule has 28 heavy (non-hydrogen) atoms. The number of sulfonamides is 1.